The second kappa shape index (κ2) is 6.34. The van der Waals surface area contributed by atoms with Gasteiger partial charge in [0, 0.05) is 18.5 Å². The van der Waals surface area contributed by atoms with Crippen LogP contribution in [0.4, 0.5) is 10.8 Å². The second-order valence-corrected chi connectivity index (χ2v) is 6.30. The average molecular weight is 296 g/mol. The molecule has 2 aromatic heterocycles. The van der Waals surface area contributed by atoms with Gasteiger partial charge in [0.1, 0.15) is 10.8 Å². The highest BCUT2D eigenvalue weighted by molar-refractivity contribution is 7.11. The van der Waals surface area contributed by atoms with E-state index in [4.69, 9.17) is 5.73 Å². The number of nitrogens with two attached hydrogens (primary N) is 1. The first-order valence-corrected chi connectivity index (χ1v) is 8.25. The van der Waals surface area contributed by atoms with Gasteiger partial charge < -0.3 is 10.6 Å². The summed E-state index contributed by atoms with van der Waals surface area (Å²) in [5, 5.41) is 4.28. The van der Waals surface area contributed by atoms with Crippen molar-refractivity contribution in [1.29, 1.82) is 0 Å². The van der Waals surface area contributed by atoms with Crippen LogP contribution in [0, 0.1) is 6.92 Å². The highest BCUT2D eigenvalue weighted by Crippen LogP contribution is 2.39. The zero-order chi connectivity index (χ0) is 13.8. The molecule has 0 amide bonds. The number of hydrogen-bond donors (Lipinski definition) is 1. The largest absolute Gasteiger partial charge is 0.382 e. The SMILES string of the molecule is CCCN(CCC)c1snc(N)c1-c1csc(C)n1. The molecule has 104 valence electrons. The van der Waals surface area contributed by atoms with Crippen molar-refractivity contribution in [3.63, 3.8) is 0 Å². The zero-order valence-electron chi connectivity index (χ0n) is 11.6. The van der Waals surface area contributed by atoms with E-state index in [2.05, 4.69) is 33.5 Å². The van der Waals surface area contributed by atoms with E-state index in [1.54, 1.807) is 11.3 Å². The third kappa shape index (κ3) is 3.06. The zero-order valence-corrected chi connectivity index (χ0v) is 13.3. The molecule has 2 N–H and O–H groups in total. The van der Waals surface area contributed by atoms with Crippen molar-refractivity contribution in [3.05, 3.63) is 10.4 Å². The van der Waals surface area contributed by atoms with Crippen LogP contribution in [0.3, 0.4) is 0 Å². The Balaban J connectivity index is 2.40. The molecule has 19 heavy (non-hydrogen) atoms. The van der Waals surface area contributed by atoms with E-state index < -0.39 is 0 Å². The van der Waals surface area contributed by atoms with Gasteiger partial charge in [0.25, 0.3) is 0 Å². The van der Waals surface area contributed by atoms with E-state index in [-0.39, 0.29) is 0 Å². The fourth-order valence-corrected chi connectivity index (χ4v) is 3.56. The van der Waals surface area contributed by atoms with Crippen LogP contribution >= 0.6 is 22.9 Å². The highest BCUT2D eigenvalue weighted by atomic mass is 32.1. The Morgan fingerprint density at radius 3 is 2.47 bits per heavy atom. The van der Waals surface area contributed by atoms with Gasteiger partial charge in [-0.3, -0.25) is 0 Å². The summed E-state index contributed by atoms with van der Waals surface area (Å²) in [4.78, 5) is 6.93. The van der Waals surface area contributed by atoms with E-state index in [0.29, 0.717) is 5.82 Å². The molecule has 0 saturated heterocycles. The van der Waals surface area contributed by atoms with Crippen molar-refractivity contribution >= 4 is 33.7 Å². The summed E-state index contributed by atoms with van der Waals surface area (Å²) >= 11 is 3.13. The summed E-state index contributed by atoms with van der Waals surface area (Å²) in [6.07, 6.45) is 2.24. The number of nitrogens with zero attached hydrogens (tertiary/aromatic N) is 3. The lowest BCUT2D eigenvalue weighted by Crippen LogP contribution is -2.24. The molecule has 0 aliphatic heterocycles. The molecule has 0 atom stereocenters. The summed E-state index contributed by atoms with van der Waals surface area (Å²) in [5.74, 6) is 0.600. The van der Waals surface area contributed by atoms with Crippen molar-refractivity contribution in [1.82, 2.24) is 9.36 Å². The molecule has 2 rings (SSSR count). The Kier molecular flexibility index (Phi) is 4.76. The van der Waals surface area contributed by atoms with Gasteiger partial charge in [0.05, 0.1) is 16.3 Å². The number of rotatable bonds is 6. The van der Waals surface area contributed by atoms with Gasteiger partial charge in [-0.2, -0.15) is 4.37 Å². The Hall–Kier alpha value is -1.14. The maximum absolute atomic E-state index is 6.05. The van der Waals surface area contributed by atoms with Crippen LogP contribution in [0.15, 0.2) is 5.38 Å². The van der Waals surface area contributed by atoms with Gasteiger partial charge in [-0.05, 0) is 31.3 Å². The first-order chi connectivity index (χ1) is 9.17. The standard InChI is InChI=1S/C13H20N4S2/c1-4-6-17(7-5-2)13-11(12(14)16-19-13)10-8-18-9(3)15-10/h8H,4-7H2,1-3H3,(H2,14,16). The Bertz CT molecular complexity index is 526. The highest BCUT2D eigenvalue weighted by Gasteiger charge is 2.20. The number of thiazole rings is 1. The topological polar surface area (TPSA) is 55.0 Å². The van der Waals surface area contributed by atoms with Crippen LogP contribution in [0.25, 0.3) is 11.3 Å². The van der Waals surface area contributed by atoms with Gasteiger partial charge in [0.15, 0.2) is 0 Å². The number of hydrogen-bond acceptors (Lipinski definition) is 6. The lowest BCUT2D eigenvalue weighted by molar-refractivity contribution is 0.751. The van der Waals surface area contributed by atoms with Crippen molar-refractivity contribution in [2.75, 3.05) is 23.7 Å². The molecule has 2 aromatic rings. The van der Waals surface area contributed by atoms with Gasteiger partial charge in [-0.25, -0.2) is 4.98 Å². The molecule has 0 aromatic carbocycles. The monoisotopic (exact) mass is 296 g/mol. The fourth-order valence-electron chi connectivity index (χ4n) is 2.08. The Labute approximate surface area is 122 Å². The number of anilines is 2. The minimum Gasteiger partial charge on any atom is -0.382 e. The predicted molar refractivity (Wildman–Crippen MR) is 85.2 cm³/mol. The van der Waals surface area contributed by atoms with Gasteiger partial charge in [-0.15, -0.1) is 11.3 Å². The van der Waals surface area contributed by atoms with Crippen molar-refractivity contribution in [2.45, 2.75) is 33.6 Å². The number of aryl methyl sites for hydroxylation is 1. The van der Waals surface area contributed by atoms with Crippen molar-refractivity contribution in [3.8, 4) is 11.3 Å². The van der Waals surface area contributed by atoms with Gasteiger partial charge in [-0.1, -0.05) is 13.8 Å². The van der Waals surface area contributed by atoms with E-state index in [9.17, 15) is 0 Å². The van der Waals surface area contributed by atoms with Crippen LogP contribution in [0.5, 0.6) is 0 Å². The van der Waals surface area contributed by atoms with Crippen molar-refractivity contribution in [2.24, 2.45) is 0 Å². The molecule has 2 heterocycles. The number of aromatic nitrogens is 2. The first kappa shape index (κ1) is 14.3. The molecule has 6 heteroatoms. The van der Waals surface area contributed by atoms with Crippen LogP contribution in [0.2, 0.25) is 0 Å². The van der Waals surface area contributed by atoms with E-state index >= 15 is 0 Å². The smallest absolute Gasteiger partial charge is 0.148 e. The normalized spacial score (nSPS) is 10.9. The van der Waals surface area contributed by atoms with Gasteiger partial charge >= 0.3 is 0 Å². The van der Waals surface area contributed by atoms with Crippen LogP contribution in [0.1, 0.15) is 31.7 Å². The molecule has 0 unspecified atom stereocenters. The van der Waals surface area contributed by atoms with Crippen LogP contribution in [-0.2, 0) is 0 Å². The average Bonchev–Trinajstić information content (AvgIpc) is 2.95. The first-order valence-electron chi connectivity index (χ1n) is 6.59. The quantitative estimate of drug-likeness (QED) is 0.881. The number of nitrogen functional groups attached to an aromatic ring is 1. The lowest BCUT2D eigenvalue weighted by atomic mass is 10.2. The summed E-state index contributed by atoms with van der Waals surface area (Å²) in [7, 11) is 0. The summed E-state index contributed by atoms with van der Waals surface area (Å²) in [5.41, 5.74) is 8.02. The van der Waals surface area contributed by atoms with Crippen LogP contribution in [-0.4, -0.2) is 22.4 Å². The summed E-state index contributed by atoms with van der Waals surface area (Å²) in [6, 6.07) is 0. The summed E-state index contributed by atoms with van der Waals surface area (Å²) < 4.78 is 4.33. The molecular formula is C13H20N4S2. The third-order valence-corrected chi connectivity index (χ3v) is 4.55. The van der Waals surface area contributed by atoms with E-state index in [1.165, 1.54) is 11.5 Å². The van der Waals surface area contributed by atoms with Gasteiger partial charge in [0.2, 0.25) is 0 Å². The molecule has 0 aliphatic carbocycles. The third-order valence-electron chi connectivity index (χ3n) is 2.85. The van der Waals surface area contributed by atoms with Crippen LogP contribution < -0.4 is 10.6 Å². The maximum atomic E-state index is 6.05. The van der Waals surface area contributed by atoms with E-state index in [1.807, 2.05) is 6.92 Å². The minimum atomic E-state index is 0.600. The lowest BCUT2D eigenvalue weighted by Gasteiger charge is -2.22. The Morgan fingerprint density at radius 2 is 1.95 bits per heavy atom. The molecular weight excluding hydrogens is 276 g/mol. The Morgan fingerprint density at radius 1 is 1.26 bits per heavy atom. The molecule has 0 bridgehead atoms. The molecule has 0 saturated carbocycles. The summed E-state index contributed by atoms with van der Waals surface area (Å²) in [6.45, 7) is 8.47. The minimum absolute atomic E-state index is 0.600. The maximum Gasteiger partial charge on any atom is 0.148 e. The predicted octanol–water partition coefficient (Wildman–Crippen LogP) is 3.78. The second-order valence-electron chi connectivity index (χ2n) is 4.49. The molecule has 4 nitrogen and oxygen atoms in total. The van der Waals surface area contributed by atoms with Crippen molar-refractivity contribution < 1.29 is 0 Å². The van der Waals surface area contributed by atoms with E-state index in [0.717, 1.165) is 47.2 Å². The fraction of sp³-hybridized carbons (Fsp3) is 0.538. The molecule has 0 fully saturated rings. The molecule has 0 spiro atoms. The molecule has 0 radical (unpaired) electrons. The molecule has 0 aliphatic rings.